The number of methoxy groups -OCH3 is 1. The van der Waals surface area contributed by atoms with Gasteiger partial charge in [0.05, 0.1) is 13.2 Å². The Morgan fingerprint density at radius 3 is 2.52 bits per heavy atom. The average molecular weight is 361 g/mol. The van der Waals surface area contributed by atoms with Crippen molar-refractivity contribution in [3.05, 3.63) is 78.4 Å². The van der Waals surface area contributed by atoms with Gasteiger partial charge in [-0.05, 0) is 29.7 Å². The fourth-order valence-corrected chi connectivity index (χ4v) is 2.57. The minimum absolute atomic E-state index is 0. The van der Waals surface area contributed by atoms with Gasteiger partial charge in [0, 0.05) is 13.1 Å². The molecule has 0 saturated carbocycles. The van der Waals surface area contributed by atoms with E-state index in [4.69, 9.17) is 10.5 Å². The van der Waals surface area contributed by atoms with Crippen molar-refractivity contribution in [2.75, 3.05) is 13.7 Å². The third kappa shape index (κ3) is 6.25. The van der Waals surface area contributed by atoms with Gasteiger partial charge in [-0.1, -0.05) is 48.5 Å². The lowest BCUT2D eigenvalue weighted by Gasteiger charge is -2.25. The molecule has 0 radical (unpaired) electrons. The Hall–Kier alpha value is -2.30. The molecule has 0 aliphatic carbocycles. The third-order valence-corrected chi connectivity index (χ3v) is 3.78. The highest BCUT2D eigenvalue weighted by Crippen LogP contribution is 2.15. The molecule has 0 fully saturated rings. The molecule has 0 spiro atoms. The smallest absolute Gasteiger partial charge is 0.240 e. The van der Waals surface area contributed by atoms with E-state index in [1.165, 1.54) is 0 Å². The Labute approximate surface area is 155 Å². The van der Waals surface area contributed by atoms with E-state index in [2.05, 4.69) is 6.58 Å². The molecule has 0 aliphatic rings. The molecule has 2 aromatic carbocycles. The lowest BCUT2D eigenvalue weighted by molar-refractivity contribution is -0.132. The lowest BCUT2D eigenvalue weighted by atomic mass is 10.1. The third-order valence-electron chi connectivity index (χ3n) is 3.78. The van der Waals surface area contributed by atoms with Gasteiger partial charge in [0.1, 0.15) is 5.75 Å². The van der Waals surface area contributed by atoms with Gasteiger partial charge in [-0.2, -0.15) is 0 Å². The number of rotatable bonds is 8. The van der Waals surface area contributed by atoms with Gasteiger partial charge in [0.15, 0.2) is 0 Å². The summed E-state index contributed by atoms with van der Waals surface area (Å²) in [5.41, 5.74) is 8.19. The van der Waals surface area contributed by atoms with Crippen LogP contribution >= 0.6 is 12.4 Å². The minimum Gasteiger partial charge on any atom is -0.497 e. The van der Waals surface area contributed by atoms with E-state index >= 15 is 0 Å². The summed E-state index contributed by atoms with van der Waals surface area (Å²) in [5.74, 6) is 0.689. The lowest BCUT2D eigenvalue weighted by Crippen LogP contribution is -2.44. The van der Waals surface area contributed by atoms with Crippen LogP contribution in [0.2, 0.25) is 0 Å². The first-order chi connectivity index (χ1) is 11.6. The number of benzene rings is 2. The minimum atomic E-state index is -0.571. The second-order valence-corrected chi connectivity index (χ2v) is 5.66. The Morgan fingerprint density at radius 2 is 1.88 bits per heavy atom. The standard InChI is InChI=1S/C20H24N2O2.ClH/c1-3-12-22(15-17-10-7-11-18(13-17)24-2)20(23)19(21)14-16-8-5-4-6-9-16;/h3-11,13,19H,1,12,14-15,21H2,2H3;1H/t19-;/m1./s1. The van der Waals surface area contributed by atoms with E-state index in [-0.39, 0.29) is 18.3 Å². The summed E-state index contributed by atoms with van der Waals surface area (Å²) in [6, 6.07) is 16.9. The van der Waals surface area contributed by atoms with Gasteiger partial charge in [-0.3, -0.25) is 4.79 Å². The highest BCUT2D eigenvalue weighted by molar-refractivity contribution is 5.85. The Bertz CT molecular complexity index is 676. The number of nitrogens with two attached hydrogens (primary N) is 1. The Morgan fingerprint density at radius 1 is 1.20 bits per heavy atom. The first kappa shape index (κ1) is 20.7. The van der Waals surface area contributed by atoms with Crippen LogP contribution in [0.3, 0.4) is 0 Å². The molecule has 2 aromatic rings. The maximum Gasteiger partial charge on any atom is 0.240 e. The maximum absolute atomic E-state index is 12.7. The molecule has 1 atom stereocenters. The summed E-state index contributed by atoms with van der Waals surface area (Å²) in [6.07, 6.45) is 2.23. The fourth-order valence-electron chi connectivity index (χ4n) is 2.57. The van der Waals surface area contributed by atoms with Gasteiger partial charge in [-0.15, -0.1) is 19.0 Å². The van der Waals surface area contributed by atoms with Crippen LogP contribution < -0.4 is 10.5 Å². The number of carbonyl (C=O) groups is 1. The molecule has 1 amide bonds. The second kappa shape index (κ2) is 10.5. The van der Waals surface area contributed by atoms with E-state index in [0.29, 0.717) is 19.5 Å². The monoisotopic (exact) mass is 360 g/mol. The molecule has 2 N–H and O–H groups in total. The van der Waals surface area contributed by atoms with Gasteiger partial charge in [-0.25, -0.2) is 0 Å². The molecule has 4 nitrogen and oxygen atoms in total. The van der Waals surface area contributed by atoms with Crippen molar-refractivity contribution in [3.63, 3.8) is 0 Å². The zero-order valence-corrected chi connectivity index (χ0v) is 15.2. The van der Waals surface area contributed by atoms with Crippen LogP contribution in [0.5, 0.6) is 5.75 Å². The zero-order valence-electron chi connectivity index (χ0n) is 14.4. The van der Waals surface area contributed by atoms with Crippen LogP contribution in [0, 0.1) is 0 Å². The van der Waals surface area contributed by atoms with Crippen molar-refractivity contribution in [2.24, 2.45) is 5.73 Å². The van der Waals surface area contributed by atoms with E-state index in [0.717, 1.165) is 16.9 Å². The van der Waals surface area contributed by atoms with Crippen molar-refractivity contribution >= 4 is 18.3 Å². The molecular formula is C20H25ClN2O2. The number of carbonyl (C=O) groups excluding carboxylic acids is 1. The summed E-state index contributed by atoms with van der Waals surface area (Å²) in [5, 5.41) is 0. The molecule has 0 aliphatic heterocycles. The molecule has 2 rings (SSSR count). The van der Waals surface area contributed by atoms with Crippen LogP contribution in [0.4, 0.5) is 0 Å². The van der Waals surface area contributed by atoms with Crippen LogP contribution in [0.1, 0.15) is 11.1 Å². The fraction of sp³-hybridized carbons (Fsp3) is 0.250. The number of hydrogen-bond donors (Lipinski definition) is 1. The number of halogens is 1. The molecule has 0 bridgehead atoms. The quantitative estimate of drug-likeness (QED) is 0.735. The first-order valence-corrected chi connectivity index (χ1v) is 7.96. The molecule has 0 unspecified atom stereocenters. The molecule has 0 saturated heterocycles. The van der Waals surface area contributed by atoms with Gasteiger partial charge >= 0.3 is 0 Å². The number of nitrogens with zero attached hydrogens (tertiary/aromatic N) is 1. The normalized spacial score (nSPS) is 11.1. The SMILES string of the molecule is C=CCN(Cc1cccc(OC)c1)C(=O)[C@H](N)Cc1ccccc1.Cl. The summed E-state index contributed by atoms with van der Waals surface area (Å²) in [4.78, 5) is 14.4. The molecule has 25 heavy (non-hydrogen) atoms. The molecular weight excluding hydrogens is 336 g/mol. The second-order valence-electron chi connectivity index (χ2n) is 5.66. The summed E-state index contributed by atoms with van der Waals surface area (Å²) < 4.78 is 5.24. The Kier molecular flexibility index (Phi) is 8.75. The van der Waals surface area contributed by atoms with Gasteiger partial charge < -0.3 is 15.4 Å². The molecule has 134 valence electrons. The Balaban J connectivity index is 0.00000312. The van der Waals surface area contributed by atoms with Gasteiger partial charge in [0.25, 0.3) is 0 Å². The van der Waals surface area contributed by atoms with Crippen LogP contribution in [0.15, 0.2) is 67.3 Å². The molecule has 0 heterocycles. The largest absolute Gasteiger partial charge is 0.497 e. The summed E-state index contributed by atoms with van der Waals surface area (Å²) >= 11 is 0. The van der Waals surface area contributed by atoms with Crippen molar-refractivity contribution in [1.29, 1.82) is 0 Å². The summed E-state index contributed by atoms with van der Waals surface area (Å²) in [7, 11) is 1.63. The number of hydrogen-bond acceptors (Lipinski definition) is 3. The van der Waals surface area contributed by atoms with E-state index in [1.807, 2.05) is 54.6 Å². The maximum atomic E-state index is 12.7. The van der Waals surface area contributed by atoms with E-state index in [9.17, 15) is 4.79 Å². The predicted octanol–water partition coefficient (Wildman–Crippen LogP) is 3.20. The molecule has 0 aromatic heterocycles. The highest BCUT2D eigenvalue weighted by Gasteiger charge is 2.20. The van der Waals surface area contributed by atoms with Crippen LogP contribution in [-0.4, -0.2) is 30.5 Å². The number of amides is 1. The zero-order chi connectivity index (χ0) is 17.4. The predicted molar refractivity (Wildman–Crippen MR) is 104 cm³/mol. The van der Waals surface area contributed by atoms with Crippen molar-refractivity contribution < 1.29 is 9.53 Å². The van der Waals surface area contributed by atoms with Crippen LogP contribution in [0.25, 0.3) is 0 Å². The van der Waals surface area contributed by atoms with Crippen LogP contribution in [-0.2, 0) is 17.8 Å². The first-order valence-electron chi connectivity index (χ1n) is 7.96. The van der Waals surface area contributed by atoms with E-state index < -0.39 is 6.04 Å². The number of ether oxygens (including phenoxy) is 1. The average Bonchev–Trinajstić information content (AvgIpc) is 2.61. The summed E-state index contributed by atoms with van der Waals surface area (Å²) in [6.45, 7) is 4.68. The van der Waals surface area contributed by atoms with E-state index in [1.54, 1.807) is 18.1 Å². The van der Waals surface area contributed by atoms with Crippen molar-refractivity contribution in [1.82, 2.24) is 4.90 Å². The van der Waals surface area contributed by atoms with Gasteiger partial charge in [0.2, 0.25) is 5.91 Å². The highest BCUT2D eigenvalue weighted by atomic mass is 35.5. The topological polar surface area (TPSA) is 55.6 Å². The van der Waals surface area contributed by atoms with Crippen molar-refractivity contribution in [3.8, 4) is 5.75 Å². The van der Waals surface area contributed by atoms with Crippen molar-refractivity contribution in [2.45, 2.75) is 19.0 Å². The molecule has 5 heteroatoms.